The van der Waals surface area contributed by atoms with Crippen molar-refractivity contribution in [2.24, 2.45) is 11.7 Å². The third-order valence-corrected chi connectivity index (χ3v) is 4.63. The van der Waals surface area contributed by atoms with Gasteiger partial charge in [0.15, 0.2) is 6.61 Å². The molecular weight excluding hydrogens is 383 g/mol. The smallest absolute Gasteiger partial charge is 0.374 e. The molecular formula is C20H21FN2O6. The number of rotatable bonds is 7. The Hall–Kier alpha value is -3.36. The zero-order valence-electron chi connectivity index (χ0n) is 15.6. The van der Waals surface area contributed by atoms with Crippen LogP contribution >= 0.6 is 0 Å². The highest BCUT2D eigenvalue weighted by atomic mass is 19.1. The molecule has 1 aromatic carbocycles. The zero-order valence-corrected chi connectivity index (χ0v) is 15.6. The molecule has 2 aromatic rings. The Bertz CT molecular complexity index is 871. The van der Waals surface area contributed by atoms with Crippen LogP contribution in [0, 0.1) is 11.7 Å². The molecule has 0 spiro atoms. The number of furan rings is 1. The first-order valence-electron chi connectivity index (χ1n) is 9.13. The van der Waals surface area contributed by atoms with Gasteiger partial charge < -0.3 is 24.5 Å². The van der Waals surface area contributed by atoms with Crippen LogP contribution in [-0.4, -0.2) is 42.4 Å². The maximum absolute atomic E-state index is 12.9. The lowest BCUT2D eigenvalue weighted by molar-refractivity contribution is -0.137. The third kappa shape index (κ3) is 5.56. The zero-order chi connectivity index (χ0) is 20.8. The van der Waals surface area contributed by atoms with E-state index in [1.165, 1.54) is 35.2 Å². The van der Waals surface area contributed by atoms with Crippen LogP contribution in [0.2, 0.25) is 0 Å². The van der Waals surface area contributed by atoms with Gasteiger partial charge in [-0.15, -0.1) is 0 Å². The fourth-order valence-corrected chi connectivity index (χ4v) is 2.95. The molecule has 0 saturated carbocycles. The van der Waals surface area contributed by atoms with Crippen molar-refractivity contribution in [1.29, 1.82) is 0 Å². The largest absolute Gasteiger partial charge is 0.486 e. The summed E-state index contributed by atoms with van der Waals surface area (Å²) in [4.78, 5) is 36.9. The molecule has 1 aliphatic rings. The second kappa shape index (κ2) is 9.22. The first-order valence-corrected chi connectivity index (χ1v) is 9.13. The van der Waals surface area contributed by atoms with Gasteiger partial charge in [0, 0.05) is 19.0 Å². The Morgan fingerprint density at radius 2 is 1.79 bits per heavy atom. The lowest BCUT2D eigenvalue weighted by atomic mass is 9.96. The van der Waals surface area contributed by atoms with Crippen LogP contribution < -0.4 is 10.5 Å². The van der Waals surface area contributed by atoms with Crippen LogP contribution in [0.1, 0.15) is 29.2 Å². The van der Waals surface area contributed by atoms with Crippen molar-refractivity contribution in [1.82, 2.24) is 4.90 Å². The number of ether oxygens (including phenoxy) is 2. The van der Waals surface area contributed by atoms with Gasteiger partial charge in [0.2, 0.25) is 11.7 Å². The van der Waals surface area contributed by atoms with E-state index >= 15 is 0 Å². The van der Waals surface area contributed by atoms with Gasteiger partial charge in [-0.1, -0.05) is 0 Å². The Kier molecular flexibility index (Phi) is 6.48. The number of carbonyl (C=O) groups is 3. The van der Waals surface area contributed by atoms with E-state index < -0.39 is 12.6 Å². The van der Waals surface area contributed by atoms with Gasteiger partial charge in [0.05, 0.1) is 0 Å². The van der Waals surface area contributed by atoms with Gasteiger partial charge in [0.1, 0.15) is 23.9 Å². The molecule has 8 nitrogen and oxygen atoms in total. The Morgan fingerprint density at radius 3 is 2.45 bits per heavy atom. The summed E-state index contributed by atoms with van der Waals surface area (Å²) in [5.74, 6) is -1.28. The summed E-state index contributed by atoms with van der Waals surface area (Å²) in [6, 6.07) is 8.48. The number of hydrogen-bond acceptors (Lipinski definition) is 6. The molecule has 0 aliphatic carbocycles. The molecule has 2 N–H and O–H groups in total. The summed E-state index contributed by atoms with van der Waals surface area (Å²) in [7, 11) is 0. The lowest BCUT2D eigenvalue weighted by Crippen LogP contribution is -2.43. The average molecular weight is 404 g/mol. The standard InChI is InChI=1S/C20H21FN2O6/c21-14-1-3-15(4-2-14)27-11-16-5-6-17(29-16)20(26)28-12-18(24)23-9-7-13(8-10-23)19(22)25/h1-6,13H,7-12H2,(H2,22,25). The molecule has 3 rings (SSSR count). The number of likely N-dealkylation sites (tertiary alicyclic amines) is 1. The minimum Gasteiger partial charge on any atom is -0.486 e. The molecule has 0 bridgehead atoms. The Morgan fingerprint density at radius 1 is 1.10 bits per heavy atom. The van der Waals surface area contributed by atoms with E-state index in [0.717, 1.165) is 0 Å². The monoisotopic (exact) mass is 404 g/mol. The number of benzene rings is 1. The first-order chi connectivity index (χ1) is 13.9. The number of piperidine rings is 1. The molecule has 0 radical (unpaired) electrons. The van der Waals surface area contributed by atoms with Gasteiger partial charge in [0.25, 0.3) is 5.91 Å². The second-order valence-corrected chi connectivity index (χ2v) is 6.64. The van der Waals surface area contributed by atoms with Crippen molar-refractivity contribution >= 4 is 17.8 Å². The second-order valence-electron chi connectivity index (χ2n) is 6.64. The van der Waals surface area contributed by atoms with E-state index in [-0.39, 0.29) is 35.9 Å². The highest BCUT2D eigenvalue weighted by molar-refractivity contribution is 5.89. The molecule has 1 aliphatic heterocycles. The summed E-state index contributed by atoms with van der Waals surface area (Å²) in [5, 5.41) is 0. The normalized spacial score (nSPS) is 14.4. The van der Waals surface area contributed by atoms with Crippen LogP contribution in [0.15, 0.2) is 40.8 Å². The van der Waals surface area contributed by atoms with E-state index in [1.54, 1.807) is 6.07 Å². The Labute approximate surface area is 166 Å². The fourth-order valence-electron chi connectivity index (χ4n) is 2.95. The highest BCUT2D eigenvalue weighted by Crippen LogP contribution is 2.18. The number of amides is 2. The van der Waals surface area contributed by atoms with Gasteiger partial charge in [-0.3, -0.25) is 9.59 Å². The molecule has 2 amide bonds. The number of esters is 1. The molecule has 1 saturated heterocycles. The highest BCUT2D eigenvalue weighted by Gasteiger charge is 2.26. The van der Waals surface area contributed by atoms with Crippen molar-refractivity contribution in [3.05, 3.63) is 53.7 Å². The molecule has 0 unspecified atom stereocenters. The third-order valence-electron chi connectivity index (χ3n) is 4.63. The number of nitrogens with zero attached hydrogens (tertiary/aromatic N) is 1. The van der Waals surface area contributed by atoms with Gasteiger partial charge in [-0.25, -0.2) is 9.18 Å². The van der Waals surface area contributed by atoms with E-state index in [9.17, 15) is 18.8 Å². The summed E-state index contributed by atoms with van der Waals surface area (Å²) in [6.45, 7) is 0.431. The number of primary amides is 1. The molecule has 0 atom stereocenters. The van der Waals surface area contributed by atoms with Crippen LogP contribution in [0.3, 0.4) is 0 Å². The van der Waals surface area contributed by atoms with Crippen molar-refractivity contribution in [2.45, 2.75) is 19.4 Å². The molecule has 29 heavy (non-hydrogen) atoms. The summed E-state index contributed by atoms with van der Waals surface area (Å²) in [6.07, 6.45) is 1.01. The first kappa shape index (κ1) is 20.4. The van der Waals surface area contributed by atoms with Crippen LogP contribution in [0.25, 0.3) is 0 Å². The Balaban J connectivity index is 1.43. The van der Waals surface area contributed by atoms with Crippen molar-refractivity contribution in [3.63, 3.8) is 0 Å². The maximum Gasteiger partial charge on any atom is 0.374 e. The molecule has 2 heterocycles. The van der Waals surface area contributed by atoms with Crippen molar-refractivity contribution in [2.75, 3.05) is 19.7 Å². The van der Waals surface area contributed by atoms with Gasteiger partial charge in [-0.05, 0) is 49.2 Å². The SMILES string of the molecule is NC(=O)C1CCN(C(=O)COC(=O)c2ccc(COc3ccc(F)cc3)o2)CC1. The summed E-state index contributed by atoms with van der Waals surface area (Å²) >= 11 is 0. The number of halogens is 1. The van der Waals surface area contributed by atoms with Crippen LogP contribution in [0.4, 0.5) is 4.39 Å². The average Bonchev–Trinajstić information content (AvgIpc) is 3.20. The minimum absolute atomic E-state index is 0.0483. The predicted octanol–water partition coefficient (Wildman–Crippen LogP) is 1.88. The van der Waals surface area contributed by atoms with E-state index in [1.807, 2.05) is 0 Å². The van der Waals surface area contributed by atoms with Gasteiger partial charge in [-0.2, -0.15) is 0 Å². The molecule has 9 heteroatoms. The molecule has 1 fully saturated rings. The van der Waals surface area contributed by atoms with Crippen molar-refractivity contribution in [3.8, 4) is 5.75 Å². The lowest BCUT2D eigenvalue weighted by Gasteiger charge is -2.30. The number of hydrogen-bond donors (Lipinski definition) is 1. The molecule has 1 aromatic heterocycles. The van der Waals surface area contributed by atoms with Gasteiger partial charge >= 0.3 is 5.97 Å². The number of nitrogens with two attached hydrogens (primary N) is 1. The van der Waals surface area contributed by atoms with Crippen molar-refractivity contribution < 1.29 is 32.7 Å². The fraction of sp³-hybridized carbons (Fsp3) is 0.350. The quantitative estimate of drug-likeness (QED) is 0.705. The van der Waals surface area contributed by atoms with E-state index in [0.29, 0.717) is 37.4 Å². The van der Waals surface area contributed by atoms with E-state index in [2.05, 4.69) is 0 Å². The predicted molar refractivity (Wildman–Crippen MR) is 98.2 cm³/mol. The maximum atomic E-state index is 12.9. The van der Waals surface area contributed by atoms with Crippen LogP contribution in [-0.2, 0) is 20.9 Å². The summed E-state index contributed by atoms with van der Waals surface area (Å²) in [5.41, 5.74) is 5.27. The summed E-state index contributed by atoms with van der Waals surface area (Å²) < 4.78 is 28.7. The van der Waals surface area contributed by atoms with Crippen LogP contribution in [0.5, 0.6) is 5.75 Å². The molecule has 154 valence electrons. The number of carbonyl (C=O) groups excluding carboxylic acids is 3. The minimum atomic E-state index is -0.765. The van der Waals surface area contributed by atoms with E-state index in [4.69, 9.17) is 19.6 Å². The topological polar surface area (TPSA) is 112 Å².